The molecular formula is C26H20FN3O3S. The van der Waals surface area contributed by atoms with Crippen LogP contribution in [0.1, 0.15) is 40.1 Å². The number of rotatable bonds is 8. The number of ether oxygens (including phenoxy) is 1. The summed E-state index contributed by atoms with van der Waals surface area (Å²) in [7, 11) is 0. The average Bonchev–Trinajstić information content (AvgIpc) is 3.51. The molecule has 0 amide bonds. The maximum absolute atomic E-state index is 13.6. The molecule has 5 rings (SSSR count). The first kappa shape index (κ1) is 21.9. The van der Waals surface area contributed by atoms with Gasteiger partial charge in [0.1, 0.15) is 16.8 Å². The van der Waals surface area contributed by atoms with Crippen LogP contribution in [0, 0.1) is 5.82 Å². The molecule has 0 radical (unpaired) electrons. The van der Waals surface area contributed by atoms with Crippen LogP contribution < -0.4 is 4.74 Å². The van der Waals surface area contributed by atoms with Gasteiger partial charge < -0.3 is 14.1 Å². The van der Waals surface area contributed by atoms with E-state index in [4.69, 9.17) is 9.15 Å². The third-order valence-electron chi connectivity index (χ3n) is 5.31. The quantitative estimate of drug-likeness (QED) is 0.203. The molecule has 2 heterocycles. The summed E-state index contributed by atoms with van der Waals surface area (Å²) in [5.74, 6) is 0.337. The number of benzene rings is 3. The lowest BCUT2D eigenvalue weighted by Gasteiger charge is -2.14. The predicted molar refractivity (Wildman–Crippen MR) is 127 cm³/mol. The summed E-state index contributed by atoms with van der Waals surface area (Å²) >= 11 is 1.19. The molecule has 0 aliphatic rings. The Labute approximate surface area is 199 Å². The molecule has 2 unspecified atom stereocenters. The van der Waals surface area contributed by atoms with Gasteiger partial charge in [-0.2, -0.15) is 0 Å². The summed E-state index contributed by atoms with van der Waals surface area (Å²) in [6.45, 7) is 1.76. The van der Waals surface area contributed by atoms with E-state index in [2.05, 4.69) is 15.2 Å². The average molecular weight is 474 g/mol. The van der Waals surface area contributed by atoms with Crippen molar-refractivity contribution in [2.75, 3.05) is 0 Å². The normalized spacial score (nSPS) is 13.0. The third kappa shape index (κ3) is 4.58. The summed E-state index contributed by atoms with van der Waals surface area (Å²) in [4.78, 5) is 16.8. The Morgan fingerprint density at radius 3 is 2.53 bits per heavy atom. The van der Waals surface area contributed by atoms with Gasteiger partial charge in [0.05, 0.1) is 0 Å². The Morgan fingerprint density at radius 2 is 1.74 bits per heavy atom. The molecule has 0 saturated heterocycles. The number of hydrogen-bond donors (Lipinski definition) is 1. The van der Waals surface area contributed by atoms with Crippen LogP contribution in [0.5, 0.6) is 5.75 Å². The third-order valence-corrected chi connectivity index (χ3v) is 6.40. The van der Waals surface area contributed by atoms with Gasteiger partial charge in [-0.1, -0.05) is 48.5 Å². The minimum atomic E-state index is -0.581. The number of H-pyrrole nitrogens is 1. The molecule has 0 fully saturated rings. The highest BCUT2D eigenvalue weighted by atomic mass is 32.2. The zero-order chi connectivity index (χ0) is 23.5. The van der Waals surface area contributed by atoms with E-state index in [9.17, 15) is 9.18 Å². The maximum Gasteiger partial charge on any atom is 0.277 e. The van der Waals surface area contributed by atoms with Gasteiger partial charge in [0.25, 0.3) is 11.1 Å². The van der Waals surface area contributed by atoms with Crippen molar-refractivity contribution < 1.29 is 18.3 Å². The fourth-order valence-electron chi connectivity index (χ4n) is 3.62. The molecule has 0 aliphatic carbocycles. The molecule has 34 heavy (non-hydrogen) atoms. The Kier molecular flexibility index (Phi) is 6.14. The van der Waals surface area contributed by atoms with Gasteiger partial charge in [0, 0.05) is 22.7 Å². The monoisotopic (exact) mass is 473 g/mol. The molecule has 1 N–H and O–H groups in total. The van der Waals surface area contributed by atoms with Crippen LogP contribution in [0.15, 0.2) is 94.7 Å². The van der Waals surface area contributed by atoms with Gasteiger partial charge in [0.15, 0.2) is 11.9 Å². The van der Waals surface area contributed by atoms with Crippen LogP contribution in [0.2, 0.25) is 0 Å². The van der Waals surface area contributed by atoms with Crippen molar-refractivity contribution in [3.8, 4) is 5.75 Å². The summed E-state index contributed by atoms with van der Waals surface area (Å²) in [6.07, 6.45) is 1.19. The van der Waals surface area contributed by atoms with Crippen LogP contribution in [-0.4, -0.2) is 21.0 Å². The van der Waals surface area contributed by atoms with E-state index in [1.165, 1.54) is 36.0 Å². The first-order valence-corrected chi connectivity index (χ1v) is 11.5. The van der Waals surface area contributed by atoms with Crippen LogP contribution in [0.4, 0.5) is 4.39 Å². The van der Waals surface area contributed by atoms with Gasteiger partial charge >= 0.3 is 0 Å². The summed E-state index contributed by atoms with van der Waals surface area (Å²) in [5, 5.41) is 8.76. The second-order valence-corrected chi connectivity index (χ2v) is 8.70. The Morgan fingerprint density at radius 1 is 1.00 bits per heavy atom. The van der Waals surface area contributed by atoms with Crippen LogP contribution >= 0.6 is 11.8 Å². The molecule has 3 aromatic carbocycles. The predicted octanol–water partition coefficient (Wildman–Crippen LogP) is 6.55. The highest BCUT2D eigenvalue weighted by Crippen LogP contribution is 2.39. The van der Waals surface area contributed by atoms with Crippen LogP contribution in [-0.2, 0) is 0 Å². The maximum atomic E-state index is 13.6. The van der Waals surface area contributed by atoms with Crippen molar-refractivity contribution in [3.63, 3.8) is 0 Å². The van der Waals surface area contributed by atoms with Crippen molar-refractivity contribution in [1.82, 2.24) is 15.2 Å². The Balaban J connectivity index is 1.40. The van der Waals surface area contributed by atoms with Crippen LogP contribution in [0.25, 0.3) is 10.9 Å². The lowest BCUT2D eigenvalue weighted by atomic mass is 10.0. The summed E-state index contributed by atoms with van der Waals surface area (Å²) in [6, 6.07) is 22.9. The number of nitrogens with one attached hydrogen (secondary N) is 1. The van der Waals surface area contributed by atoms with E-state index in [0.717, 1.165) is 16.5 Å². The molecule has 6 nitrogen and oxygen atoms in total. The molecule has 0 aliphatic heterocycles. The number of Topliss-reactive ketones (excluding diaryl/α,β-unsaturated/α-hetero) is 1. The first-order valence-electron chi connectivity index (χ1n) is 10.7. The Bertz CT molecular complexity index is 1420. The van der Waals surface area contributed by atoms with Gasteiger partial charge in [-0.15, -0.1) is 10.2 Å². The number of fused-ring (bicyclic) bond motifs is 1. The number of aromatic amines is 1. The van der Waals surface area contributed by atoms with E-state index in [-0.39, 0.29) is 22.7 Å². The zero-order valence-corrected chi connectivity index (χ0v) is 19.0. The van der Waals surface area contributed by atoms with E-state index in [1.807, 2.05) is 54.6 Å². The van der Waals surface area contributed by atoms with E-state index in [0.29, 0.717) is 11.3 Å². The zero-order valence-electron chi connectivity index (χ0n) is 18.1. The molecule has 2 atom stereocenters. The van der Waals surface area contributed by atoms with Gasteiger partial charge in [-0.3, -0.25) is 4.79 Å². The van der Waals surface area contributed by atoms with Gasteiger partial charge in [0.2, 0.25) is 0 Å². The lowest BCUT2D eigenvalue weighted by Crippen LogP contribution is -2.09. The number of para-hydroxylation sites is 1. The fourth-order valence-corrected chi connectivity index (χ4v) is 4.57. The number of thioether (sulfide) groups is 1. The topological polar surface area (TPSA) is 81.0 Å². The molecule has 0 spiro atoms. The molecule has 170 valence electrons. The molecular weight excluding hydrogens is 453 g/mol. The van der Waals surface area contributed by atoms with E-state index >= 15 is 0 Å². The smallest absolute Gasteiger partial charge is 0.277 e. The minimum Gasteiger partial charge on any atom is -0.481 e. The van der Waals surface area contributed by atoms with E-state index < -0.39 is 11.4 Å². The lowest BCUT2D eigenvalue weighted by molar-refractivity contribution is 0.0990. The summed E-state index contributed by atoms with van der Waals surface area (Å²) < 4.78 is 24.7. The molecule has 5 aromatic rings. The highest BCUT2D eigenvalue weighted by Gasteiger charge is 2.28. The van der Waals surface area contributed by atoms with Gasteiger partial charge in [-0.05, 0) is 54.6 Å². The van der Waals surface area contributed by atoms with Crippen molar-refractivity contribution in [1.29, 1.82) is 0 Å². The van der Waals surface area contributed by atoms with Crippen molar-refractivity contribution in [3.05, 3.63) is 108 Å². The number of carbonyl (C=O) groups excluding carboxylic acids is 1. The molecule has 0 saturated carbocycles. The fraction of sp³-hybridized carbons (Fsp3) is 0.115. The second kappa shape index (κ2) is 9.52. The molecule has 8 heteroatoms. The number of aromatic nitrogens is 3. The molecule has 2 aromatic heterocycles. The highest BCUT2D eigenvalue weighted by molar-refractivity contribution is 8.00. The number of nitrogens with zero attached hydrogens (tertiary/aromatic N) is 2. The van der Waals surface area contributed by atoms with Crippen molar-refractivity contribution in [2.45, 2.75) is 23.5 Å². The molecule has 0 bridgehead atoms. The second-order valence-electron chi connectivity index (χ2n) is 7.64. The largest absolute Gasteiger partial charge is 0.481 e. The number of carbonyl (C=O) groups is 1. The number of ketones is 1. The van der Waals surface area contributed by atoms with Crippen molar-refractivity contribution >= 4 is 28.4 Å². The SMILES string of the molecule is CC(Oc1ccc(F)cc1)c1nnc(SC(C(=O)c2c[nH]c3ccccc23)c2ccccc2)o1. The number of halogens is 1. The van der Waals surface area contributed by atoms with E-state index in [1.54, 1.807) is 13.1 Å². The standard InChI is InChI=1S/C26H20FN3O3S/c1-16(32-19-13-11-18(27)12-14-19)25-29-30-26(33-25)34-24(17-7-3-2-4-8-17)23(31)21-15-28-22-10-6-5-9-20(21)22/h2-16,24,28H,1H3. The first-order chi connectivity index (χ1) is 16.6. The number of hydrogen-bond acceptors (Lipinski definition) is 6. The Hall–Kier alpha value is -3.91. The summed E-state index contributed by atoms with van der Waals surface area (Å²) in [5.41, 5.74) is 2.33. The van der Waals surface area contributed by atoms with Gasteiger partial charge in [-0.25, -0.2) is 4.39 Å². The van der Waals surface area contributed by atoms with Crippen molar-refractivity contribution in [2.24, 2.45) is 0 Å². The van der Waals surface area contributed by atoms with Crippen LogP contribution in [0.3, 0.4) is 0 Å². The minimum absolute atomic E-state index is 0.0657.